The van der Waals surface area contributed by atoms with Gasteiger partial charge in [0.15, 0.2) is 0 Å². The summed E-state index contributed by atoms with van der Waals surface area (Å²) in [6.45, 7) is 5.53. The second-order valence-corrected chi connectivity index (χ2v) is 8.47. The van der Waals surface area contributed by atoms with Crippen molar-refractivity contribution >= 4 is 5.97 Å². The second-order valence-electron chi connectivity index (χ2n) is 8.47. The lowest BCUT2D eigenvalue weighted by Crippen LogP contribution is -2.19. The molecule has 0 aromatic heterocycles. The molecule has 0 radical (unpaired) electrons. The van der Waals surface area contributed by atoms with Crippen LogP contribution in [0.25, 0.3) is 0 Å². The average Bonchev–Trinajstić information content (AvgIpc) is 2.70. The van der Waals surface area contributed by atoms with Gasteiger partial charge in [-0.1, -0.05) is 43.9 Å². The van der Waals surface area contributed by atoms with Crippen molar-refractivity contribution in [2.24, 2.45) is 0 Å². The Morgan fingerprint density at radius 3 is 2.26 bits per heavy atom. The molecule has 2 N–H and O–H groups in total. The van der Waals surface area contributed by atoms with Gasteiger partial charge in [0, 0.05) is 12.6 Å². The number of halogens is 2. The number of carboxylic acid groups (broad SMARTS) is 1. The number of carboxylic acids is 1. The molecule has 0 spiro atoms. The molecule has 1 atom stereocenters. The lowest BCUT2D eigenvalue weighted by molar-refractivity contribution is -0.136. The zero-order valence-electron chi connectivity index (χ0n) is 18.7. The highest BCUT2D eigenvalue weighted by Gasteiger charge is 2.15. The number of aliphatic carboxylic acids is 1. The highest BCUT2D eigenvalue weighted by atomic mass is 19.1. The molecule has 1 unspecified atom stereocenters. The molecule has 0 bridgehead atoms. The normalized spacial score (nSPS) is 12.1. The van der Waals surface area contributed by atoms with E-state index in [-0.39, 0.29) is 12.3 Å². The van der Waals surface area contributed by atoms with Crippen molar-refractivity contribution in [2.75, 3.05) is 13.1 Å². The van der Waals surface area contributed by atoms with Crippen molar-refractivity contribution in [3.63, 3.8) is 0 Å². The first-order chi connectivity index (χ1) is 14.8. The van der Waals surface area contributed by atoms with Gasteiger partial charge in [0.05, 0.1) is 6.42 Å². The Morgan fingerprint density at radius 2 is 1.58 bits per heavy atom. The number of aryl methyl sites for hydroxylation is 2. The lowest BCUT2D eigenvalue weighted by atomic mass is 9.86. The van der Waals surface area contributed by atoms with E-state index >= 15 is 0 Å². The molecule has 0 fully saturated rings. The first-order valence-electron chi connectivity index (χ1n) is 11.3. The summed E-state index contributed by atoms with van der Waals surface area (Å²) in [5, 5.41) is 11.7. The molecule has 2 aromatic carbocycles. The zero-order chi connectivity index (χ0) is 22.6. The van der Waals surface area contributed by atoms with Crippen molar-refractivity contribution in [1.29, 1.82) is 0 Å². The van der Waals surface area contributed by atoms with Gasteiger partial charge in [-0.25, -0.2) is 8.78 Å². The number of hydrogen-bond donors (Lipinski definition) is 2. The molecule has 2 aromatic rings. The van der Waals surface area contributed by atoms with Gasteiger partial charge < -0.3 is 10.4 Å². The summed E-state index contributed by atoms with van der Waals surface area (Å²) in [4.78, 5) is 10.5. The van der Waals surface area contributed by atoms with Gasteiger partial charge in [0.2, 0.25) is 0 Å². The van der Waals surface area contributed by atoms with Crippen LogP contribution in [0, 0.1) is 25.5 Å². The fourth-order valence-corrected chi connectivity index (χ4v) is 3.90. The standard InChI is InChI=1S/C26H35F2NO2/c1-19-9-10-21(14-20(19)2)15-22(23-16-24(27)18-25(28)17-23)8-6-4-3-5-7-12-29-13-11-26(30)31/h9-10,14,16-18,22,29H,3-8,11-13,15H2,1-2H3,(H,30,31). The molecule has 3 nitrogen and oxygen atoms in total. The summed E-state index contributed by atoms with van der Waals surface area (Å²) < 4.78 is 27.7. The highest BCUT2D eigenvalue weighted by Crippen LogP contribution is 2.29. The number of hydrogen-bond acceptors (Lipinski definition) is 2. The number of rotatable bonds is 14. The van der Waals surface area contributed by atoms with Crippen LogP contribution in [0.3, 0.4) is 0 Å². The first kappa shape index (κ1) is 25.0. The van der Waals surface area contributed by atoms with Gasteiger partial charge in [-0.05, 0) is 80.0 Å². The van der Waals surface area contributed by atoms with Crippen LogP contribution in [-0.2, 0) is 11.2 Å². The molecule has 0 heterocycles. The van der Waals surface area contributed by atoms with Gasteiger partial charge >= 0.3 is 5.97 Å². The molecule has 0 aliphatic carbocycles. The number of unbranched alkanes of at least 4 members (excludes halogenated alkanes) is 4. The third-order valence-corrected chi connectivity index (χ3v) is 5.83. The Bertz CT molecular complexity index is 818. The first-order valence-corrected chi connectivity index (χ1v) is 11.3. The molecule has 31 heavy (non-hydrogen) atoms. The van der Waals surface area contributed by atoms with Crippen LogP contribution in [0.15, 0.2) is 36.4 Å². The van der Waals surface area contributed by atoms with Crippen molar-refractivity contribution < 1.29 is 18.7 Å². The molecule has 5 heteroatoms. The molecule has 0 aliphatic rings. The van der Waals surface area contributed by atoms with E-state index in [2.05, 4.69) is 37.4 Å². The summed E-state index contributed by atoms with van der Waals surface area (Å²) in [6, 6.07) is 10.3. The van der Waals surface area contributed by atoms with Gasteiger partial charge in [-0.2, -0.15) is 0 Å². The van der Waals surface area contributed by atoms with Crippen LogP contribution < -0.4 is 5.32 Å². The average molecular weight is 432 g/mol. The van der Waals surface area contributed by atoms with Crippen molar-refractivity contribution in [3.8, 4) is 0 Å². The molecule has 0 amide bonds. The zero-order valence-corrected chi connectivity index (χ0v) is 18.7. The predicted octanol–water partition coefficient (Wildman–Crippen LogP) is 6.31. The Labute approximate surface area is 184 Å². The molecular weight excluding hydrogens is 396 g/mol. The Balaban J connectivity index is 1.83. The predicted molar refractivity (Wildman–Crippen MR) is 122 cm³/mol. The quantitative estimate of drug-likeness (QED) is 0.345. The SMILES string of the molecule is Cc1ccc(CC(CCCCCCCNCCC(=O)O)c2cc(F)cc(F)c2)cc1C. The molecule has 0 aliphatic heterocycles. The smallest absolute Gasteiger partial charge is 0.304 e. The Morgan fingerprint density at radius 1 is 0.903 bits per heavy atom. The van der Waals surface area contributed by atoms with Crippen molar-refractivity contribution in [2.45, 2.75) is 71.1 Å². The molecule has 0 saturated carbocycles. The van der Waals surface area contributed by atoms with Crippen LogP contribution in [0.4, 0.5) is 8.78 Å². The van der Waals surface area contributed by atoms with Crippen LogP contribution in [-0.4, -0.2) is 24.2 Å². The van der Waals surface area contributed by atoms with Crippen LogP contribution in [0.1, 0.15) is 73.1 Å². The summed E-state index contributed by atoms with van der Waals surface area (Å²) in [5.74, 6) is -1.73. The van der Waals surface area contributed by atoms with Crippen LogP contribution in [0.5, 0.6) is 0 Å². The van der Waals surface area contributed by atoms with Gasteiger partial charge in [-0.3, -0.25) is 4.79 Å². The summed E-state index contributed by atoms with van der Waals surface area (Å²) >= 11 is 0. The maximum atomic E-state index is 13.8. The largest absolute Gasteiger partial charge is 0.481 e. The number of carbonyl (C=O) groups is 1. The minimum absolute atomic E-state index is 0.0880. The molecule has 0 saturated heterocycles. The van der Waals surface area contributed by atoms with E-state index in [1.54, 1.807) is 0 Å². The van der Waals surface area contributed by atoms with Gasteiger partial charge in [0.25, 0.3) is 0 Å². The number of nitrogens with one attached hydrogen (secondary N) is 1. The maximum Gasteiger partial charge on any atom is 0.304 e. The summed E-state index contributed by atoms with van der Waals surface area (Å²) in [7, 11) is 0. The second kappa shape index (κ2) is 13.2. The topological polar surface area (TPSA) is 49.3 Å². The minimum atomic E-state index is -0.777. The molecule has 170 valence electrons. The van der Waals surface area contributed by atoms with Crippen LogP contribution >= 0.6 is 0 Å². The van der Waals surface area contributed by atoms with E-state index in [1.807, 2.05) is 0 Å². The Kier molecular flexibility index (Phi) is 10.6. The summed E-state index contributed by atoms with van der Waals surface area (Å²) in [6.07, 6.45) is 7.15. The fourth-order valence-electron chi connectivity index (χ4n) is 3.90. The van der Waals surface area contributed by atoms with E-state index < -0.39 is 17.6 Å². The van der Waals surface area contributed by atoms with E-state index in [9.17, 15) is 13.6 Å². The van der Waals surface area contributed by atoms with Crippen LogP contribution in [0.2, 0.25) is 0 Å². The van der Waals surface area contributed by atoms with E-state index in [0.29, 0.717) is 6.54 Å². The third-order valence-electron chi connectivity index (χ3n) is 5.83. The third kappa shape index (κ3) is 9.60. The summed E-state index contributed by atoms with van der Waals surface area (Å²) in [5.41, 5.74) is 4.41. The van der Waals surface area contributed by atoms with Crippen molar-refractivity contribution in [3.05, 3.63) is 70.3 Å². The fraction of sp³-hybridized carbons (Fsp3) is 0.500. The lowest BCUT2D eigenvalue weighted by Gasteiger charge is -2.19. The maximum absolute atomic E-state index is 13.8. The molecular formula is C26H35F2NO2. The minimum Gasteiger partial charge on any atom is -0.481 e. The number of benzene rings is 2. The van der Waals surface area contributed by atoms with E-state index in [4.69, 9.17) is 5.11 Å². The van der Waals surface area contributed by atoms with Crippen molar-refractivity contribution in [1.82, 2.24) is 5.32 Å². The van der Waals surface area contributed by atoms with E-state index in [0.717, 1.165) is 63.1 Å². The van der Waals surface area contributed by atoms with Gasteiger partial charge in [-0.15, -0.1) is 0 Å². The highest BCUT2D eigenvalue weighted by molar-refractivity contribution is 5.66. The molecule has 2 rings (SSSR count). The Hall–Kier alpha value is -2.27. The van der Waals surface area contributed by atoms with Gasteiger partial charge in [0.1, 0.15) is 11.6 Å². The monoisotopic (exact) mass is 431 g/mol. The van der Waals surface area contributed by atoms with E-state index in [1.165, 1.54) is 28.8 Å².